The van der Waals surface area contributed by atoms with E-state index in [-0.39, 0.29) is 6.03 Å². The Labute approximate surface area is 144 Å². The lowest BCUT2D eigenvalue weighted by atomic mass is 10.1. The van der Waals surface area contributed by atoms with Crippen molar-refractivity contribution in [1.29, 1.82) is 0 Å². The van der Waals surface area contributed by atoms with Crippen LogP contribution in [-0.2, 0) is 0 Å². The average molecular weight is 348 g/mol. The lowest BCUT2D eigenvalue weighted by Crippen LogP contribution is -2.41. The van der Waals surface area contributed by atoms with Crippen molar-refractivity contribution in [3.05, 3.63) is 35.7 Å². The third-order valence-electron chi connectivity index (χ3n) is 3.79. The summed E-state index contributed by atoms with van der Waals surface area (Å²) < 4.78 is 4.07. The number of likely N-dealkylation sites (tertiary alicyclic amines) is 1. The van der Waals surface area contributed by atoms with E-state index < -0.39 is 0 Å². The topological polar surface area (TPSA) is 58.1 Å². The highest BCUT2D eigenvalue weighted by molar-refractivity contribution is 8.00. The summed E-state index contributed by atoms with van der Waals surface area (Å²) in [6.07, 6.45) is 2.03. The number of benzene rings is 1. The fourth-order valence-corrected chi connectivity index (χ4v) is 4.19. The van der Waals surface area contributed by atoms with E-state index in [9.17, 15) is 4.79 Å². The van der Waals surface area contributed by atoms with Gasteiger partial charge in [-0.15, -0.1) is 11.8 Å². The largest absolute Gasteiger partial charge is 0.324 e. The lowest BCUT2D eigenvalue weighted by Gasteiger charge is -2.31. The first kappa shape index (κ1) is 16.3. The number of carbonyl (C=O) groups excluding carboxylic acids is 1. The van der Waals surface area contributed by atoms with Crippen LogP contribution < -0.4 is 5.32 Å². The molecular weight excluding hydrogens is 328 g/mol. The summed E-state index contributed by atoms with van der Waals surface area (Å²) in [5.41, 5.74) is 1.28. The fraction of sp³-hybridized carbons (Fsp3) is 0.438. The average Bonchev–Trinajstić information content (AvgIpc) is 2.95. The van der Waals surface area contributed by atoms with Crippen LogP contribution in [0.5, 0.6) is 0 Å². The number of carbonyl (C=O) groups is 1. The van der Waals surface area contributed by atoms with Crippen LogP contribution in [0.4, 0.5) is 9.93 Å². The Kier molecular flexibility index (Phi) is 5.17. The van der Waals surface area contributed by atoms with Gasteiger partial charge in [0.15, 0.2) is 0 Å². The normalized spacial score (nSPS) is 15.7. The summed E-state index contributed by atoms with van der Waals surface area (Å²) in [6, 6.07) is 8.58. The molecule has 1 saturated heterocycles. The molecule has 0 aliphatic carbocycles. The maximum atomic E-state index is 12.2. The van der Waals surface area contributed by atoms with Crippen molar-refractivity contribution in [3.8, 4) is 0 Å². The lowest BCUT2D eigenvalue weighted by molar-refractivity contribution is 0.201. The van der Waals surface area contributed by atoms with Gasteiger partial charge in [0.1, 0.15) is 5.82 Å². The van der Waals surface area contributed by atoms with Crippen LogP contribution in [-0.4, -0.2) is 38.6 Å². The summed E-state index contributed by atoms with van der Waals surface area (Å²) in [5, 5.41) is 3.98. The van der Waals surface area contributed by atoms with Crippen molar-refractivity contribution in [2.24, 2.45) is 0 Å². The Morgan fingerprint density at radius 3 is 2.57 bits per heavy atom. The first-order chi connectivity index (χ1) is 11.1. The van der Waals surface area contributed by atoms with Gasteiger partial charge >= 0.3 is 6.03 Å². The Bertz CT molecular complexity index is 663. The standard InChI is InChI=1S/C16H20N4OS2/c1-11-3-5-13(6-4-11)22-14-7-9-20(10-8-14)16(21)18-15-17-12(2)19-23-15/h3-6,14H,7-10H2,1-2H3,(H,17,18,19,21). The highest BCUT2D eigenvalue weighted by Crippen LogP contribution is 2.30. The van der Waals surface area contributed by atoms with Crippen LogP contribution in [0, 0.1) is 13.8 Å². The molecule has 5 nitrogen and oxygen atoms in total. The number of thioether (sulfide) groups is 1. The Hall–Kier alpha value is -1.60. The maximum Gasteiger partial charge on any atom is 0.323 e. The van der Waals surface area contributed by atoms with Crippen molar-refractivity contribution < 1.29 is 4.79 Å². The van der Waals surface area contributed by atoms with Crippen LogP contribution in [0.15, 0.2) is 29.2 Å². The molecule has 2 amide bonds. The van der Waals surface area contributed by atoms with Gasteiger partial charge in [-0.1, -0.05) is 17.7 Å². The van der Waals surface area contributed by atoms with E-state index >= 15 is 0 Å². The van der Waals surface area contributed by atoms with Crippen molar-refractivity contribution in [3.63, 3.8) is 0 Å². The van der Waals surface area contributed by atoms with Crippen LogP contribution in [0.1, 0.15) is 24.2 Å². The number of piperidine rings is 1. The van der Waals surface area contributed by atoms with Crippen LogP contribution in [0.25, 0.3) is 0 Å². The number of rotatable bonds is 3. The SMILES string of the molecule is Cc1ccc(SC2CCN(C(=O)Nc3nc(C)ns3)CC2)cc1. The van der Waals surface area contributed by atoms with Crippen LogP contribution in [0.3, 0.4) is 0 Å². The third kappa shape index (κ3) is 4.45. The second-order valence-corrected chi connectivity index (χ2v) is 7.82. The molecule has 0 atom stereocenters. The quantitative estimate of drug-likeness (QED) is 0.912. The van der Waals surface area contributed by atoms with Gasteiger partial charge < -0.3 is 4.90 Å². The third-order valence-corrected chi connectivity index (χ3v) is 5.87. The maximum absolute atomic E-state index is 12.2. The second-order valence-electron chi connectivity index (χ2n) is 5.69. The molecule has 1 aromatic carbocycles. The van der Waals surface area contributed by atoms with E-state index in [1.54, 1.807) is 0 Å². The van der Waals surface area contributed by atoms with Crippen LogP contribution >= 0.6 is 23.3 Å². The summed E-state index contributed by atoms with van der Waals surface area (Å²) in [4.78, 5) is 19.6. The zero-order chi connectivity index (χ0) is 16.2. The molecule has 0 unspecified atom stereocenters. The number of nitrogens with zero attached hydrogens (tertiary/aromatic N) is 3. The minimum atomic E-state index is -0.0695. The molecule has 0 bridgehead atoms. The smallest absolute Gasteiger partial charge is 0.323 e. The molecule has 1 N–H and O–H groups in total. The van der Waals surface area contributed by atoms with Crippen molar-refractivity contribution >= 4 is 34.5 Å². The minimum absolute atomic E-state index is 0.0695. The molecule has 0 spiro atoms. The number of urea groups is 1. The van der Waals surface area contributed by atoms with E-state index in [1.165, 1.54) is 22.0 Å². The number of aromatic nitrogens is 2. The fourth-order valence-electron chi connectivity index (χ4n) is 2.50. The van der Waals surface area contributed by atoms with Crippen molar-refractivity contribution in [2.75, 3.05) is 18.4 Å². The first-order valence-electron chi connectivity index (χ1n) is 7.70. The van der Waals surface area contributed by atoms with Gasteiger partial charge in [0.2, 0.25) is 5.13 Å². The molecule has 3 rings (SSSR count). The molecule has 1 aliphatic rings. The number of aryl methyl sites for hydroxylation is 2. The van der Waals surface area contributed by atoms with E-state index in [4.69, 9.17) is 0 Å². The van der Waals surface area contributed by atoms with E-state index in [1.807, 2.05) is 23.6 Å². The van der Waals surface area contributed by atoms with Gasteiger partial charge in [-0.25, -0.2) is 9.78 Å². The van der Waals surface area contributed by atoms with Gasteiger partial charge in [0, 0.05) is 34.8 Å². The molecule has 1 aromatic heterocycles. The van der Waals surface area contributed by atoms with Gasteiger partial charge in [0.25, 0.3) is 0 Å². The molecular formula is C16H20N4OS2. The number of amides is 2. The van der Waals surface area contributed by atoms with E-state index in [0.29, 0.717) is 16.2 Å². The first-order valence-corrected chi connectivity index (χ1v) is 9.35. The minimum Gasteiger partial charge on any atom is -0.324 e. The summed E-state index contributed by atoms with van der Waals surface area (Å²) in [5.74, 6) is 0.693. The molecule has 0 saturated carbocycles. The molecule has 0 radical (unpaired) electrons. The predicted molar refractivity (Wildman–Crippen MR) is 95.3 cm³/mol. The van der Waals surface area contributed by atoms with Crippen molar-refractivity contribution in [2.45, 2.75) is 36.8 Å². The molecule has 23 heavy (non-hydrogen) atoms. The molecule has 122 valence electrons. The summed E-state index contributed by atoms with van der Waals surface area (Å²) >= 11 is 3.14. The van der Waals surface area contributed by atoms with Gasteiger partial charge in [0.05, 0.1) is 0 Å². The number of hydrogen-bond acceptors (Lipinski definition) is 5. The van der Waals surface area contributed by atoms with E-state index in [0.717, 1.165) is 25.9 Å². The Balaban J connectivity index is 1.48. The predicted octanol–water partition coefficient (Wildman–Crippen LogP) is 3.94. The highest BCUT2D eigenvalue weighted by Gasteiger charge is 2.24. The number of hydrogen-bond donors (Lipinski definition) is 1. The molecule has 7 heteroatoms. The van der Waals surface area contributed by atoms with Gasteiger partial charge in [-0.05, 0) is 38.8 Å². The summed E-state index contributed by atoms with van der Waals surface area (Å²) in [6.45, 7) is 5.49. The van der Waals surface area contributed by atoms with E-state index in [2.05, 4.69) is 45.9 Å². The highest BCUT2D eigenvalue weighted by atomic mass is 32.2. The Morgan fingerprint density at radius 1 is 1.26 bits per heavy atom. The molecule has 2 heterocycles. The number of anilines is 1. The Morgan fingerprint density at radius 2 is 1.96 bits per heavy atom. The van der Waals surface area contributed by atoms with Gasteiger partial charge in [-0.3, -0.25) is 5.32 Å². The van der Waals surface area contributed by atoms with Crippen molar-refractivity contribution in [1.82, 2.24) is 14.3 Å². The van der Waals surface area contributed by atoms with Gasteiger partial charge in [-0.2, -0.15) is 4.37 Å². The van der Waals surface area contributed by atoms with Crippen LogP contribution in [0.2, 0.25) is 0 Å². The molecule has 2 aromatic rings. The second kappa shape index (κ2) is 7.31. The zero-order valence-corrected chi connectivity index (χ0v) is 14.9. The number of nitrogens with one attached hydrogen (secondary N) is 1. The molecule has 1 aliphatic heterocycles. The zero-order valence-electron chi connectivity index (χ0n) is 13.3. The summed E-state index contributed by atoms with van der Waals surface area (Å²) in [7, 11) is 0. The molecule has 1 fully saturated rings. The monoisotopic (exact) mass is 348 g/mol.